The number of phenolic OH excluding ortho intramolecular Hbond substituents is 1. The number of carbonyl (C=O) groups excluding carboxylic acids is 3. The van der Waals surface area contributed by atoms with E-state index in [1.165, 1.54) is 12.1 Å². The van der Waals surface area contributed by atoms with Gasteiger partial charge in [0.25, 0.3) is 0 Å². The maximum atomic E-state index is 12.5. The van der Waals surface area contributed by atoms with E-state index < -0.39 is 60.8 Å². The standard InChI is InChI=1S/C19H26N4O8S/c20-12(7-10-1-3-11(24)4-2-10)17(29)23-14(9-32)19(31)22-13(5-6-15(25)26)18(30)21-8-16(27)28/h1-4,12-14,24,32H,5-9,20H2,(H,21,30)(H,22,31)(H,23,29)(H,25,26)(H,27,28). The zero-order valence-electron chi connectivity index (χ0n) is 17.0. The van der Waals surface area contributed by atoms with Crippen LogP contribution in [0.2, 0.25) is 0 Å². The summed E-state index contributed by atoms with van der Waals surface area (Å²) in [6.07, 6.45) is -0.618. The predicted octanol–water partition coefficient (Wildman–Crippen LogP) is -1.77. The highest BCUT2D eigenvalue weighted by Crippen LogP contribution is 2.11. The van der Waals surface area contributed by atoms with Gasteiger partial charge in [0.1, 0.15) is 24.4 Å². The fourth-order valence-corrected chi connectivity index (χ4v) is 2.80. The van der Waals surface area contributed by atoms with Crippen LogP contribution < -0.4 is 21.7 Å². The van der Waals surface area contributed by atoms with E-state index >= 15 is 0 Å². The summed E-state index contributed by atoms with van der Waals surface area (Å²) in [4.78, 5) is 58.5. The van der Waals surface area contributed by atoms with Crippen molar-refractivity contribution in [3.8, 4) is 5.75 Å². The Morgan fingerprint density at radius 1 is 0.906 bits per heavy atom. The van der Waals surface area contributed by atoms with Crippen LogP contribution >= 0.6 is 12.6 Å². The van der Waals surface area contributed by atoms with Gasteiger partial charge in [-0.1, -0.05) is 12.1 Å². The van der Waals surface area contributed by atoms with E-state index in [0.717, 1.165) is 0 Å². The molecule has 0 saturated carbocycles. The molecule has 3 amide bonds. The van der Waals surface area contributed by atoms with Crippen LogP contribution in [-0.2, 0) is 30.4 Å². The van der Waals surface area contributed by atoms with Crippen molar-refractivity contribution in [2.75, 3.05) is 12.3 Å². The van der Waals surface area contributed by atoms with Gasteiger partial charge < -0.3 is 37.0 Å². The third-order valence-corrected chi connectivity index (χ3v) is 4.60. The van der Waals surface area contributed by atoms with Crippen molar-refractivity contribution in [1.82, 2.24) is 16.0 Å². The molecule has 0 bridgehead atoms. The summed E-state index contributed by atoms with van der Waals surface area (Å²) < 4.78 is 0. The molecule has 0 radical (unpaired) electrons. The first kappa shape index (κ1) is 26.7. The molecule has 13 heteroatoms. The number of benzene rings is 1. The Labute approximate surface area is 189 Å². The first-order valence-corrected chi connectivity index (χ1v) is 10.1. The molecule has 0 saturated heterocycles. The summed E-state index contributed by atoms with van der Waals surface area (Å²) in [6, 6.07) is 2.53. The first-order chi connectivity index (χ1) is 15.0. The summed E-state index contributed by atoms with van der Waals surface area (Å²) >= 11 is 4.02. The van der Waals surface area contributed by atoms with Crippen LogP contribution in [0.15, 0.2) is 24.3 Å². The van der Waals surface area contributed by atoms with Crippen LogP contribution in [-0.4, -0.2) is 75.4 Å². The lowest BCUT2D eigenvalue weighted by Crippen LogP contribution is -2.57. The molecule has 0 aromatic heterocycles. The molecule has 12 nitrogen and oxygen atoms in total. The van der Waals surface area contributed by atoms with E-state index in [1.54, 1.807) is 12.1 Å². The summed E-state index contributed by atoms with van der Waals surface area (Å²) in [5, 5.41) is 33.6. The number of rotatable bonds is 13. The van der Waals surface area contributed by atoms with E-state index in [-0.39, 0.29) is 24.3 Å². The van der Waals surface area contributed by atoms with Gasteiger partial charge in [-0.2, -0.15) is 12.6 Å². The Bertz CT molecular complexity index is 833. The number of carbonyl (C=O) groups is 5. The number of hydrogen-bond acceptors (Lipinski definition) is 8. The summed E-state index contributed by atoms with van der Waals surface area (Å²) in [5.41, 5.74) is 6.55. The largest absolute Gasteiger partial charge is 0.508 e. The van der Waals surface area contributed by atoms with Crippen molar-refractivity contribution < 1.29 is 39.3 Å². The molecule has 1 aromatic carbocycles. The van der Waals surface area contributed by atoms with Gasteiger partial charge in [-0.05, 0) is 30.5 Å². The number of hydrogen-bond donors (Lipinski definition) is 8. The molecule has 0 aliphatic rings. The van der Waals surface area contributed by atoms with Gasteiger partial charge in [-0.25, -0.2) is 0 Å². The zero-order chi connectivity index (χ0) is 24.3. The Hall–Kier alpha value is -3.32. The van der Waals surface area contributed by atoms with Crippen LogP contribution in [0, 0.1) is 0 Å². The minimum atomic E-state index is -1.33. The second-order valence-corrected chi connectivity index (χ2v) is 7.19. The quantitative estimate of drug-likeness (QED) is 0.153. The second kappa shape index (κ2) is 13.2. The Kier molecular flexibility index (Phi) is 11.0. The molecule has 0 aliphatic carbocycles. The number of nitrogens with one attached hydrogen (secondary N) is 3. The average molecular weight is 471 g/mol. The van der Waals surface area contributed by atoms with Crippen molar-refractivity contribution >= 4 is 42.3 Å². The topological polar surface area (TPSA) is 208 Å². The third-order valence-electron chi connectivity index (χ3n) is 4.24. The lowest BCUT2D eigenvalue weighted by Gasteiger charge is -2.23. The minimum Gasteiger partial charge on any atom is -0.508 e. The molecule has 3 atom stereocenters. The van der Waals surface area contributed by atoms with E-state index in [9.17, 15) is 29.1 Å². The molecule has 1 rings (SSSR count). The molecule has 32 heavy (non-hydrogen) atoms. The average Bonchev–Trinajstić information content (AvgIpc) is 2.74. The molecule has 8 N–H and O–H groups in total. The molecule has 0 spiro atoms. The summed E-state index contributed by atoms with van der Waals surface area (Å²) in [6.45, 7) is -0.711. The number of aliphatic carboxylic acids is 2. The number of aromatic hydroxyl groups is 1. The lowest BCUT2D eigenvalue weighted by molar-refractivity contribution is -0.140. The van der Waals surface area contributed by atoms with E-state index in [0.29, 0.717) is 5.56 Å². The number of nitrogens with two attached hydrogens (primary N) is 1. The van der Waals surface area contributed by atoms with Crippen molar-refractivity contribution in [3.63, 3.8) is 0 Å². The maximum absolute atomic E-state index is 12.5. The summed E-state index contributed by atoms with van der Waals surface area (Å²) in [5.74, 6) is -4.97. The van der Waals surface area contributed by atoms with Crippen molar-refractivity contribution in [1.29, 1.82) is 0 Å². The summed E-state index contributed by atoms with van der Waals surface area (Å²) in [7, 11) is 0. The van der Waals surface area contributed by atoms with Gasteiger partial charge in [0.05, 0.1) is 6.04 Å². The number of amides is 3. The highest BCUT2D eigenvalue weighted by atomic mass is 32.1. The fourth-order valence-electron chi connectivity index (χ4n) is 2.55. The number of thiol groups is 1. The molecular formula is C19H26N4O8S. The molecule has 0 heterocycles. The van der Waals surface area contributed by atoms with Gasteiger partial charge in [0, 0.05) is 12.2 Å². The SMILES string of the molecule is NC(Cc1ccc(O)cc1)C(=O)NC(CS)C(=O)NC(CCC(=O)O)C(=O)NCC(=O)O. The normalized spacial score (nSPS) is 13.3. The van der Waals surface area contributed by atoms with Crippen molar-refractivity contribution in [2.45, 2.75) is 37.4 Å². The molecule has 0 aliphatic heterocycles. The smallest absolute Gasteiger partial charge is 0.322 e. The molecular weight excluding hydrogens is 444 g/mol. The fraction of sp³-hybridized carbons (Fsp3) is 0.421. The molecule has 0 fully saturated rings. The number of phenols is 1. The highest BCUT2D eigenvalue weighted by Gasteiger charge is 2.28. The molecule has 1 aromatic rings. The second-order valence-electron chi connectivity index (χ2n) is 6.83. The highest BCUT2D eigenvalue weighted by molar-refractivity contribution is 7.80. The van der Waals surface area contributed by atoms with Gasteiger partial charge in [0.15, 0.2) is 0 Å². The van der Waals surface area contributed by atoms with Crippen molar-refractivity contribution in [2.24, 2.45) is 5.73 Å². The number of carboxylic acids is 2. The molecule has 3 unspecified atom stereocenters. The predicted molar refractivity (Wildman–Crippen MR) is 115 cm³/mol. The minimum absolute atomic E-state index is 0.0587. The third kappa shape index (κ3) is 9.66. The molecule has 176 valence electrons. The van der Waals surface area contributed by atoms with Gasteiger partial charge in [-0.15, -0.1) is 0 Å². The van der Waals surface area contributed by atoms with E-state index in [2.05, 4.69) is 28.6 Å². The lowest BCUT2D eigenvalue weighted by atomic mass is 10.1. The Morgan fingerprint density at radius 2 is 1.50 bits per heavy atom. The van der Waals surface area contributed by atoms with Crippen LogP contribution in [0.1, 0.15) is 18.4 Å². The van der Waals surface area contributed by atoms with Gasteiger partial charge >= 0.3 is 11.9 Å². The first-order valence-electron chi connectivity index (χ1n) is 9.49. The number of carboxylic acid groups (broad SMARTS) is 2. The van der Waals surface area contributed by atoms with Gasteiger partial charge in [0.2, 0.25) is 17.7 Å². The Morgan fingerprint density at radius 3 is 2.03 bits per heavy atom. The monoisotopic (exact) mass is 470 g/mol. The van der Waals surface area contributed by atoms with Crippen LogP contribution in [0.25, 0.3) is 0 Å². The van der Waals surface area contributed by atoms with E-state index in [4.69, 9.17) is 15.9 Å². The van der Waals surface area contributed by atoms with Crippen LogP contribution in [0.5, 0.6) is 5.75 Å². The van der Waals surface area contributed by atoms with Gasteiger partial charge in [-0.3, -0.25) is 24.0 Å². The maximum Gasteiger partial charge on any atom is 0.322 e. The zero-order valence-corrected chi connectivity index (χ0v) is 17.9. The van der Waals surface area contributed by atoms with Crippen LogP contribution in [0.3, 0.4) is 0 Å². The van der Waals surface area contributed by atoms with E-state index in [1.807, 2.05) is 0 Å². The van der Waals surface area contributed by atoms with Crippen LogP contribution in [0.4, 0.5) is 0 Å². The Balaban J connectivity index is 2.75. The van der Waals surface area contributed by atoms with Crippen molar-refractivity contribution in [3.05, 3.63) is 29.8 Å².